The summed E-state index contributed by atoms with van der Waals surface area (Å²) in [6, 6.07) is 8.33. The molecule has 3 heterocycles. The number of carbonyl (C=O) groups is 1. The summed E-state index contributed by atoms with van der Waals surface area (Å²) < 4.78 is 44.1. The van der Waals surface area contributed by atoms with E-state index in [1.54, 1.807) is 12.3 Å². The lowest BCUT2D eigenvalue weighted by Crippen LogP contribution is -2.44. The Morgan fingerprint density at radius 2 is 1.88 bits per heavy atom. The average Bonchev–Trinajstić information content (AvgIpc) is 3.33. The van der Waals surface area contributed by atoms with Gasteiger partial charge in [0.1, 0.15) is 19.0 Å². The van der Waals surface area contributed by atoms with Crippen molar-refractivity contribution in [1.82, 2.24) is 14.5 Å². The van der Waals surface area contributed by atoms with E-state index in [9.17, 15) is 13.2 Å². The summed E-state index contributed by atoms with van der Waals surface area (Å²) in [6.45, 7) is 1.86. The molecule has 1 fully saturated rings. The number of benzene rings is 1. The van der Waals surface area contributed by atoms with Crippen LogP contribution < -0.4 is 14.8 Å². The third-order valence-electron chi connectivity index (χ3n) is 5.94. The van der Waals surface area contributed by atoms with Crippen molar-refractivity contribution < 1.29 is 27.1 Å². The molecule has 2 aliphatic rings. The highest BCUT2D eigenvalue weighted by atomic mass is 32.2. The van der Waals surface area contributed by atoms with E-state index < -0.39 is 10.0 Å². The van der Waals surface area contributed by atoms with Crippen LogP contribution in [-0.2, 0) is 14.8 Å². The number of rotatable bonds is 7. The Bertz CT molecular complexity index is 1030. The lowest BCUT2D eigenvalue weighted by atomic mass is 9.97. The number of likely N-dealkylation sites (N-methyl/N-ethyl adjacent to an activating group) is 1. The van der Waals surface area contributed by atoms with Gasteiger partial charge >= 0.3 is 0 Å². The third-order valence-corrected chi connectivity index (χ3v) is 7.84. The average molecular weight is 464 g/mol. The van der Waals surface area contributed by atoms with Crippen LogP contribution in [0.3, 0.4) is 0 Å². The van der Waals surface area contributed by atoms with E-state index in [0.29, 0.717) is 57.2 Å². The maximum atomic E-state index is 13.1. The number of amides is 1. The molecule has 2 aromatic rings. The molecular weight excluding hydrogens is 434 g/mol. The summed E-state index contributed by atoms with van der Waals surface area (Å²) >= 11 is 0. The molecule has 4 rings (SSSR count). The molecule has 0 spiro atoms. The molecule has 174 valence electrons. The maximum absolute atomic E-state index is 13.1. The molecule has 1 N–H and O–H groups in total. The normalized spacial score (nSPS) is 18.5. The Morgan fingerprint density at radius 1 is 1.16 bits per heavy atom. The van der Waals surface area contributed by atoms with Gasteiger partial charge in [0.2, 0.25) is 15.9 Å². The molecule has 1 atom stereocenters. The van der Waals surface area contributed by atoms with E-state index in [-0.39, 0.29) is 22.8 Å². The molecule has 0 saturated carbocycles. The molecule has 9 nitrogen and oxygen atoms in total. The molecule has 1 amide bonds. The standard InChI is InChI=1S/C22H29N3O6S/c1-24(2)18(19-4-3-11-29-19)15-23-22(26)16-7-9-25(10-8-16)32(27,28)17-5-6-20-21(14-17)31-13-12-30-20/h3-6,11,14,16,18H,7-10,12-13,15H2,1-2H3,(H,23,26)/t18-/m1/s1. The van der Waals surface area contributed by atoms with Crippen LogP contribution >= 0.6 is 0 Å². The van der Waals surface area contributed by atoms with E-state index in [4.69, 9.17) is 13.9 Å². The monoisotopic (exact) mass is 463 g/mol. The molecule has 0 bridgehead atoms. The van der Waals surface area contributed by atoms with Crippen molar-refractivity contribution in [3.63, 3.8) is 0 Å². The highest BCUT2D eigenvalue weighted by Crippen LogP contribution is 2.34. The van der Waals surface area contributed by atoms with Crippen LogP contribution in [0.1, 0.15) is 24.6 Å². The Kier molecular flexibility index (Phi) is 6.73. The molecule has 0 radical (unpaired) electrons. The second-order valence-electron chi connectivity index (χ2n) is 8.22. The summed E-state index contributed by atoms with van der Waals surface area (Å²) in [6.07, 6.45) is 2.57. The quantitative estimate of drug-likeness (QED) is 0.669. The second-order valence-corrected chi connectivity index (χ2v) is 10.2. The minimum atomic E-state index is -3.66. The number of ether oxygens (including phenoxy) is 2. The van der Waals surface area contributed by atoms with Gasteiger partial charge in [-0.05, 0) is 51.2 Å². The SMILES string of the molecule is CN(C)[C@H](CNC(=O)C1CCN(S(=O)(=O)c2ccc3c(c2)OCCO3)CC1)c1ccco1. The zero-order valence-electron chi connectivity index (χ0n) is 18.3. The van der Waals surface area contributed by atoms with E-state index >= 15 is 0 Å². The topological polar surface area (TPSA) is 101 Å². The van der Waals surface area contributed by atoms with Gasteiger partial charge < -0.3 is 19.2 Å². The Hall–Kier alpha value is -2.56. The number of fused-ring (bicyclic) bond motifs is 1. The fourth-order valence-corrected chi connectivity index (χ4v) is 5.54. The summed E-state index contributed by atoms with van der Waals surface area (Å²) in [5, 5.41) is 3.00. The van der Waals surface area contributed by atoms with Crippen LogP contribution in [0.15, 0.2) is 45.9 Å². The van der Waals surface area contributed by atoms with E-state index in [1.165, 1.54) is 16.4 Å². The van der Waals surface area contributed by atoms with E-state index in [1.807, 2.05) is 31.1 Å². The molecule has 32 heavy (non-hydrogen) atoms. The van der Waals surface area contributed by atoms with Crippen molar-refractivity contribution in [1.29, 1.82) is 0 Å². The molecule has 0 unspecified atom stereocenters. The largest absolute Gasteiger partial charge is 0.486 e. The summed E-state index contributed by atoms with van der Waals surface area (Å²) in [5.41, 5.74) is 0. The fraction of sp³-hybridized carbons (Fsp3) is 0.500. The molecule has 2 aliphatic heterocycles. The Balaban J connectivity index is 1.33. The van der Waals surface area contributed by atoms with Crippen molar-refractivity contribution in [3.8, 4) is 11.5 Å². The number of nitrogens with one attached hydrogen (secondary N) is 1. The van der Waals surface area contributed by atoms with Gasteiger partial charge in [-0.1, -0.05) is 0 Å². The number of furan rings is 1. The van der Waals surface area contributed by atoms with Gasteiger partial charge in [0, 0.05) is 31.6 Å². The number of sulfonamides is 1. The Morgan fingerprint density at radius 3 is 2.53 bits per heavy atom. The van der Waals surface area contributed by atoms with Crippen molar-refractivity contribution in [3.05, 3.63) is 42.4 Å². The van der Waals surface area contributed by atoms with Gasteiger partial charge in [0.05, 0.1) is 17.2 Å². The van der Waals surface area contributed by atoms with Crippen LogP contribution in [0.2, 0.25) is 0 Å². The molecule has 1 aromatic carbocycles. The third kappa shape index (κ3) is 4.77. The smallest absolute Gasteiger partial charge is 0.243 e. The van der Waals surface area contributed by atoms with Crippen molar-refractivity contribution in [2.24, 2.45) is 5.92 Å². The van der Waals surface area contributed by atoms with E-state index in [0.717, 1.165) is 5.76 Å². The number of hydrogen-bond donors (Lipinski definition) is 1. The van der Waals surface area contributed by atoms with Gasteiger partial charge in [-0.25, -0.2) is 8.42 Å². The van der Waals surface area contributed by atoms with Gasteiger partial charge in [-0.15, -0.1) is 0 Å². The fourth-order valence-electron chi connectivity index (χ4n) is 4.05. The molecule has 10 heteroatoms. The maximum Gasteiger partial charge on any atom is 0.243 e. The van der Waals surface area contributed by atoms with Crippen molar-refractivity contribution in [2.45, 2.75) is 23.8 Å². The van der Waals surface area contributed by atoms with Gasteiger partial charge in [-0.3, -0.25) is 9.69 Å². The minimum Gasteiger partial charge on any atom is -0.486 e. The molecule has 0 aliphatic carbocycles. The first kappa shape index (κ1) is 22.6. The van der Waals surface area contributed by atoms with Gasteiger partial charge in [0.25, 0.3) is 0 Å². The first-order valence-corrected chi connectivity index (χ1v) is 12.2. The molecule has 1 saturated heterocycles. The summed E-state index contributed by atoms with van der Waals surface area (Å²) in [4.78, 5) is 14.9. The lowest BCUT2D eigenvalue weighted by Gasteiger charge is -2.31. The zero-order valence-corrected chi connectivity index (χ0v) is 19.1. The van der Waals surface area contributed by atoms with Crippen LogP contribution in [0, 0.1) is 5.92 Å². The van der Waals surface area contributed by atoms with Gasteiger partial charge in [0.15, 0.2) is 11.5 Å². The van der Waals surface area contributed by atoms with Crippen LogP contribution in [0.4, 0.5) is 0 Å². The van der Waals surface area contributed by atoms with Crippen molar-refractivity contribution >= 4 is 15.9 Å². The second kappa shape index (κ2) is 9.51. The summed E-state index contributed by atoms with van der Waals surface area (Å²) in [5.74, 6) is 1.51. The van der Waals surface area contributed by atoms with Crippen molar-refractivity contribution in [2.75, 3.05) is 46.9 Å². The first-order valence-electron chi connectivity index (χ1n) is 10.7. The highest BCUT2D eigenvalue weighted by molar-refractivity contribution is 7.89. The Labute approximate surface area is 188 Å². The molecular formula is C22H29N3O6S. The lowest BCUT2D eigenvalue weighted by molar-refractivity contribution is -0.126. The van der Waals surface area contributed by atoms with E-state index in [2.05, 4.69) is 5.32 Å². The highest BCUT2D eigenvalue weighted by Gasteiger charge is 2.33. The predicted molar refractivity (Wildman–Crippen MR) is 117 cm³/mol. The first-order chi connectivity index (χ1) is 15.4. The van der Waals surface area contributed by atoms with Gasteiger partial charge in [-0.2, -0.15) is 4.31 Å². The number of hydrogen-bond acceptors (Lipinski definition) is 7. The molecule has 1 aromatic heterocycles. The minimum absolute atomic E-state index is 0.0558. The van der Waals surface area contributed by atoms with Crippen LogP contribution in [0.25, 0.3) is 0 Å². The predicted octanol–water partition coefficient (Wildman–Crippen LogP) is 1.87. The number of piperidine rings is 1. The van der Waals surface area contributed by atoms with Crippen LogP contribution in [-0.4, -0.2) is 70.5 Å². The summed E-state index contributed by atoms with van der Waals surface area (Å²) in [7, 11) is 0.198. The number of carbonyl (C=O) groups excluding carboxylic acids is 1. The number of nitrogens with zero attached hydrogens (tertiary/aromatic N) is 2. The van der Waals surface area contributed by atoms with Crippen LogP contribution in [0.5, 0.6) is 11.5 Å². The zero-order chi connectivity index (χ0) is 22.7.